The Labute approximate surface area is 133 Å². The lowest BCUT2D eigenvalue weighted by molar-refractivity contribution is 0.412. The second kappa shape index (κ2) is 7.57. The van der Waals surface area contributed by atoms with E-state index in [4.69, 9.17) is 4.74 Å². The van der Waals surface area contributed by atoms with Gasteiger partial charge in [0.2, 0.25) is 0 Å². The maximum atomic E-state index is 13.1. The molecule has 0 amide bonds. The lowest BCUT2D eigenvalue weighted by Crippen LogP contribution is -2.23. The molecule has 1 unspecified atom stereocenters. The Hall–Kier alpha value is -1.39. The Bertz CT molecular complexity index is 586. The van der Waals surface area contributed by atoms with Crippen molar-refractivity contribution in [2.75, 3.05) is 13.7 Å². The molecule has 0 radical (unpaired) electrons. The van der Waals surface area contributed by atoms with Gasteiger partial charge in [0.05, 0.1) is 11.6 Å². The van der Waals surface area contributed by atoms with Crippen LogP contribution in [0.3, 0.4) is 0 Å². The highest BCUT2D eigenvalue weighted by Gasteiger charge is 2.12. The zero-order chi connectivity index (χ0) is 15.2. The lowest BCUT2D eigenvalue weighted by Gasteiger charge is -2.19. The zero-order valence-corrected chi connectivity index (χ0v) is 13.8. The predicted octanol–water partition coefficient (Wildman–Crippen LogP) is 4.49. The molecule has 0 fully saturated rings. The van der Waals surface area contributed by atoms with E-state index in [9.17, 15) is 4.39 Å². The van der Waals surface area contributed by atoms with Gasteiger partial charge < -0.3 is 10.1 Å². The molecule has 0 bridgehead atoms. The number of hydrogen-bond donors (Lipinski definition) is 1. The Kier molecular flexibility index (Phi) is 5.76. The Morgan fingerprint density at radius 3 is 2.48 bits per heavy atom. The van der Waals surface area contributed by atoms with Gasteiger partial charge in [0.1, 0.15) is 11.6 Å². The summed E-state index contributed by atoms with van der Waals surface area (Å²) in [5, 5.41) is 3.45. The standard InChI is InChI=1S/C17H19BrFNO/c1-3-20-16(13-5-7-14(19)8-6-13)11-12-4-9-17(21-2)15(18)10-12/h4-10,16,20H,3,11H2,1-2H3. The van der Waals surface area contributed by atoms with Crippen LogP contribution in [0.2, 0.25) is 0 Å². The fraction of sp³-hybridized carbons (Fsp3) is 0.294. The number of ether oxygens (including phenoxy) is 1. The normalized spacial score (nSPS) is 12.2. The average molecular weight is 352 g/mol. The van der Waals surface area contributed by atoms with Gasteiger partial charge in [-0.25, -0.2) is 4.39 Å². The molecule has 0 aromatic heterocycles. The number of nitrogens with one attached hydrogen (secondary N) is 1. The SMILES string of the molecule is CCNC(Cc1ccc(OC)c(Br)c1)c1ccc(F)cc1. The van der Waals surface area contributed by atoms with Crippen molar-refractivity contribution in [3.8, 4) is 5.75 Å². The van der Waals surface area contributed by atoms with Crippen molar-refractivity contribution in [2.45, 2.75) is 19.4 Å². The summed E-state index contributed by atoms with van der Waals surface area (Å²) in [6, 6.07) is 12.9. The molecule has 0 aliphatic heterocycles. The number of hydrogen-bond acceptors (Lipinski definition) is 2. The van der Waals surface area contributed by atoms with E-state index in [0.717, 1.165) is 28.8 Å². The minimum atomic E-state index is -0.207. The summed E-state index contributed by atoms with van der Waals surface area (Å²) in [6.45, 7) is 2.93. The van der Waals surface area contributed by atoms with Gasteiger partial charge in [-0.05, 0) is 64.3 Å². The van der Waals surface area contributed by atoms with E-state index in [1.807, 2.05) is 18.2 Å². The van der Waals surface area contributed by atoms with E-state index >= 15 is 0 Å². The van der Waals surface area contributed by atoms with Crippen LogP contribution >= 0.6 is 15.9 Å². The number of methoxy groups -OCH3 is 1. The van der Waals surface area contributed by atoms with E-state index in [1.54, 1.807) is 7.11 Å². The molecule has 112 valence electrons. The number of benzene rings is 2. The van der Waals surface area contributed by atoms with Crippen molar-refractivity contribution < 1.29 is 9.13 Å². The second-order valence-corrected chi connectivity index (χ2v) is 5.69. The van der Waals surface area contributed by atoms with Gasteiger partial charge in [-0.2, -0.15) is 0 Å². The minimum Gasteiger partial charge on any atom is -0.496 e. The molecule has 0 spiro atoms. The van der Waals surface area contributed by atoms with Gasteiger partial charge in [0.25, 0.3) is 0 Å². The largest absolute Gasteiger partial charge is 0.496 e. The van der Waals surface area contributed by atoms with Crippen molar-refractivity contribution in [1.29, 1.82) is 0 Å². The summed E-state index contributed by atoms with van der Waals surface area (Å²) >= 11 is 3.51. The first-order chi connectivity index (χ1) is 10.1. The molecular formula is C17H19BrFNO. The molecule has 21 heavy (non-hydrogen) atoms. The first-order valence-corrected chi connectivity index (χ1v) is 7.74. The Morgan fingerprint density at radius 1 is 1.19 bits per heavy atom. The van der Waals surface area contributed by atoms with Gasteiger partial charge in [0.15, 0.2) is 0 Å². The van der Waals surface area contributed by atoms with Crippen LogP contribution in [0.15, 0.2) is 46.9 Å². The van der Waals surface area contributed by atoms with Crippen molar-refractivity contribution in [3.05, 3.63) is 63.9 Å². The molecule has 0 aliphatic carbocycles. The average Bonchev–Trinajstić information content (AvgIpc) is 2.48. The molecule has 1 atom stereocenters. The van der Waals surface area contributed by atoms with Gasteiger partial charge >= 0.3 is 0 Å². The van der Waals surface area contributed by atoms with Crippen molar-refractivity contribution >= 4 is 15.9 Å². The summed E-state index contributed by atoms with van der Waals surface area (Å²) in [7, 11) is 1.65. The minimum absolute atomic E-state index is 0.163. The molecule has 0 saturated heterocycles. The van der Waals surface area contributed by atoms with Crippen LogP contribution in [0.1, 0.15) is 24.1 Å². The van der Waals surface area contributed by atoms with Crippen LogP contribution in [-0.4, -0.2) is 13.7 Å². The van der Waals surface area contributed by atoms with Crippen LogP contribution in [-0.2, 0) is 6.42 Å². The van der Waals surface area contributed by atoms with Gasteiger partial charge in [-0.1, -0.05) is 25.1 Å². The van der Waals surface area contributed by atoms with Crippen molar-refractivity contribution in [1.82, 2.24) is 5.32 Å². The van der Waals surface area contributed by atoms with Crippen molar-refractivity contribution in [2.24, 2.45) is 0 Å². The number of rotatable bonds is 6. The van der Waals surface area contributed by atoms with Crippen LogP contribution in [0, 0.1) is 5.82 Å². The van der Waals surface area contributed by atoms with E-state index < -0.39 is 0 Å². The molecule has 0 aliphatic rings. The summed E-state index contributed by atoms with van der Waals surface area (Å²) < 4.78 is 19.2. The highest BCUT2D eigenvalue weighted by atomic mass is 79.9. The highest BCUT2D eigenvalue weighted by molar-refractivity contribution is 9.10. The fourth-order valence-electron chi connectivity index (χ4n) is 2.32. The van der Waals surface area contributed by atoms with Crippen LogP contribution < -0.4 is 10.1 Å². The van der Waals surface area contributed by atoms with Gasteiger partial charge in [-0.15, -0.1) is 0 Å². The first-order valence-electron chi connectivity index (χ1n) is 6.95. The Morgan fingerprint density at radius 2 is 1.90 bits per heavy atom. The molecular weight excluding hydrogens is 333 g/mol. The summed E-state index contributed by atoms with van der Waals surface area (Å²) in [5.41, 5.74) is 2.28. The molecule has 0 saturated carbocycles. The van der Waals surface area contributed by atoms with Crippen molar-refractivity contribution in [3.63, 3.8) is 0 Å². The van der Waals surface area contributed by atoms with Crippen LogP contribution in [0.4, 0.5) is 4.39 Å². The third-order valence-corrected chi connectivity index (χ3v) is 4.00. The quantitative estimate of drug-likeness (QED) is 0.827. The number of halogens is 2. The topological polar surface area (TPSA) is 21.3 Å². The molecule has 2 rings (SSSR count). The molecule has 2 nitrogen and oxygen atoms in total. The molecule has 0 heterocycles. The molecule has 2 aromatic rings. The summed E-state index contributed by atoms with van der Waals surface area (Å²) in [5.74, 6) is 0.613. The zero-order valence-electron chi connectivity index (χ0n) is 12.2. The second-order valence-electron chi connectivity index (χ2n) is 4.83. The number of likely N-dealkylation sites (N-methyl/N-ethyl adjacent to an activating group) is 1. The van der Waals surface area contributed by atoms with Crippen LogP contribution in [0.25, 0.3) is 0 Å². The van der Waals surface area contributed by atoms with Gasteiger partial charge in [0, 0.05) is 6.04 Å². The first kappa shape index (κ1) is 16.0. The predicted molar refractivity (Wildman–Crippen MR) is 87.2 cm³/mol. The van der Waals surface area contributed by atoms with E-state index in [-0.39, 0.29) is 11.9 Å². The smallest absolute Gasteiger partial charge is 0.133 e. The summed E-state index contributed by atoms with van der Waals surface area (Å²) in [6.07, 6.45) is 0.835. The monoisotopic (exact) mass is 351 g/mol. The van der Waals surface area contributed by atoms with Crippen LogP contribution in [0.5, 0.6) is 5.75 Å². The molecule has 2 aromatic carbocycles. The maximum absolute atomic E-state index is 13.1. The fourth-order valence-corrected chi connectivity index (χ4v) is 2.91. The lowest BCUT2D eigenvalue weighted by atomic mass is 9.98. The molecule has 1 N–H and O–H groups in total. The van der Waals surface area contributed by atoms with Gasteiger partial charge in [-0.3, -0.25) is 0 Å². The Balaban J connectivity index is 2.19. The third-order valence-electron chi connectivity index (χ3n) is 3.38. The molecule has 4 heteroatoms. The van der Waals surface area contributed by atoms with E-state index in [2.05, 4.69) is 40.3 Å². The third kappa shape index (κ3) is 4.29. The maximum Gasteiger partial charge on any atom is 0.133 e. The summed E-state index contributed by atoms with van der Waals surface area (Å²) in [4.78, 5) is 0. The van der Waals surface area contributed by atoms with E-state index in [0.29, 0.717) is 0 Å². The highest BCUT2D eigenvalue weighted by Crippen LogP contribution is 2.28. The van der Waals surface area contributed by atoms with E-state index in [1.165, 1.54) is 17.7 Å².